The number of ether oxygens (including phenoxy) is 3. The van der Waals surface area contributed by atoms with Crippen molar-refractivity contribution in [2.75, 3.05) is 60.6 Å². The predicted octanol–water partition coefficient (Wildman–Crippen LogP) is 3.88. The second-order valence-electron chi connectivity index (χ2n) is 8.74. The van der Waals surface area contributed by atoms with Crippen LogP contribution in [-0.2, 0) is 0 Å². The van der Waals surface area contributed by atoms with Crippen molar-refractivity contribution in [2.24, 2.45) is 0 Å². The first-order valence-corrected chi connectivity index (χ1v) is 11.3. The minimum Gasteiger partial charge on any atom is -0.497 e. The van der Waals surface area contributed by atoms with Crippen LogP contribution in [0.4, 0.5) is 0 Å². The average Bonchev–Trinajstić information content (AvgIpc) is 2.80. The van der Waals surface area contributed by atoms with Crippen molar-refractivity contribution in [3.05, 3.63) is 51.8 Å². The highest BCUT2D eigenvalue weighted by Crippen LogP contribution is 2.33. The predicted molar refractivity (Wildman–Crippen MR) is 139 cm³/mol. The number of nitrogens with one attached hydrogen (secondary N) is 1. The molecular weight excluding hydrogens is 454 g/mol. The van der Waals surface area contributed by atoms with E-state index in [1.165, 1.54) is 0 Å². The zero-order valence-corrected chi connectivity index (χ0v) is 21.4. The molecule has 8 heteroatoms. The molecule has 1 aromatic heterocycles. The molecule has 1 saturated heterocycles. The van der Waals surface area contributed by atoms with Crippen LogP contribution in [-0.4, -0.2) is 75.4 Å². The van der Waals surface area contributed by atoms with Crippen LogP contribution in [0.25, 0.3) is 22.0 Å². The quantitative estimate of drug-likeness (QED) is 0.545. The molecule has 0 unspecified atom stereocenters. The number of hydrogen-bond acceptors (Lipinski definition) is 6. The largest absolute Gasteiger partial charge is 0.497 e. The Kier molecular flexibility index (Phi) is 8.47. The fourth-order valence-electron chi connectivity index (χ4n) is 4.46. The summed E-state index contributed by atoms with van der Waals surface area (Å²) in [5.74, 6) is 2.06. The van der Waals surface area contributed by atoms with E-state index in [0.717, 1.165) is 66.2 Å². The molecule has 0 spiro atoms. The lowest BCUT2D eigenvalue weighted by Crippen LogP contribution is -2.45. The smallest absolute Gasteiger partial charge is 0.260 e. The fourth-order valence-corrected chi connectivity index (χ4v) is 4.46. The molecule has 2 heterocycles. The van der Waals surface area contributed by atoms with Crippen molar-refractivity contribution >= 4 is 23.2 Å². The van der Waals surface area contributed by atoms with Gasteiger partial charge in [-0.15, -0.1) is 12.4 Å². The third-order valence-corrected chi connectivity index (χ3v) is 6.36. The number of halogens is 1. The van der Waals surface area contributed by atoms with E-state index in [4.69, 9.17) is 14.2 Å². The maximum Gasteiger partial charge on any atom is 0.260 e. The second kappa shape index (κ2) is 11.1. The maximum atomic E-state index is 12.9. The van der Waals surface area contributed by atoms with E-state index in [9.17, 15) is 4.79 Å². The zero-order valence-electron chi connectivity index (χ0n) is 20.6. The number of pyridine rings is 1. The first kappa shape index (κ1) is 25.9. The molecule has 0 bridgehead atoms. The Morgan fingerprint density at radius 3 is 2.24 bits per heavy atom. The van der Waals surface area contributed by atoms with Gasteiger partial charge in [-0.3, -0.25) is 9.69 Å². The first-order valence-electron chi connectivity index (χ1n) is 11.3. The normalized spacial score (nSPS) is 14.6. The van der Waals surface area contributed by atoms with Gasteiger partial charge in [-0.25, -0.2) is 0 Å². The van der Waals surface area contributed by atoms with Gasteiger partial charge in [-0.1, -0.05) is 0 Å². The highest BCUT2D eigenvalue weighted by atomic mass is 35.5. The van der Waals surface area contributed by atoms with Gasteiger partial charge in [0.2, 0.25) is 0 Å². The molecule has 1 aliphatic rings. The molecule has 1 fully saturated rings. The molecule has 0 aliphatic carbocycles. The summed E-state index contributed by atoms with van der Waals surface area (Å²) < 4.78 is 17.0. The van der Waals surface area contributed by atoms with E-state index in [1.54, 1.807) is 20.3 Å². The summed E-state index contributed by atoms with van der Waals surface area (Å²) >= 11 is 0. The number of piperazine rings is 1. The van der Waals surface area contributed by atoms with Crippen LogP contribution >= 0.6 is 12.4 Å². The summed E-state index contributed by atoms with van der Waals surface area (Å²) in [4.78, 5) is 20.7. The Morgan fingerprint density at radius 2 is 1.62 bits per heavy atom. The molecule has 1 N–H and O–H groups in total. The summed E-state index contributed by atoms with van der Waals surface area (Å²) in [5, 5.41) is 1.28. The Bertz CT molecular complexity index is 1180. The molecule has 7 nitrogen and oxygen atoms in total. The molecule has 1 aliphatic heterocycles. The van der Waals surface area contributed by atoms with Crippen molar-refractivity contribution in [2.45, 2.75) is 13.8 Å². The maximum absolute atomic E-state index is 12.9. The lowest BCUT2D eigenvalue weighted by molar-refractivity contribution is 0.133. The van der Waals surface area contributed by atoms with Gasteiger partial charge in [0.1, 0.15) is 23.9 Å². The topological polar surface area (TPSA) is 67.0 Å². The van der Waals surface area contributed by atoms with E-state index in [0.29, 0.717) is 23.5 Å². The Hall–Kier alpha value is -2.74. The van der Waals surface area contributed by atoms with Crippen LogP contribution in [0.1, 0.15) is 11.1 Å². The highest BCUT2D eigenvalue weighted by molar-refractivity contribution is 5.91. The van der Waals surface area contributed by atoms with Crippen LogP contribution in [0.2, 0.25) is 0 Å². The van der Waals surface area contributed by atoms with E-state index in [-0.39, 0.29) is 18.0 Å². The zero-order chi connectivity index (χ0) is 23.5. The van der Waals surface area contributed by atoms with Gasteiger partial charge >= 0.3 is 0 Å². The molecule has 184 valence electrons. The van der Waals surface area contributed by atoms with E-state index >= 15 is 0 Å². The average molecular weight is 488 g/mol. The van der Waals surface area contributed by atoms with Crippen LogP contribution in [0.3, 0.4) is 0 Å². The summed E-state index contributed by atoms with van der Waals surface area (Å²) in [5.41, 5.74) is 3.60. The van der Waals surface area contributed by atoms with Gasteiger partial charge in [0.15, 0.2) is 0 Å². The molecule has 2 aromatic carbocycles. The third-order valence-electron chi connectivity index (χ3n) is 6.36. The van der Waals surface area contributed by atoms with Crippen molar-refractivity contribution in [1.29, 1.82) is 0 Å². The SMILES string of the molecule is COc1cc(OC)c2c(=O)[nH]c(-c3cc(C)c(OCCN4CCN(C)CC4)c(C)c3)cc2c1.Cl. The number of nitrogens with zero attached hydrogens (tertiary/aromatic N) is 2. The number of aromatic amines is 1. The minimum absolute atomic E-state index is 0. The molecule has 3 aromatic rings. The van der Waals surface area contributed by atoms with Gasteiger partial charge in [0, 0.05) is 44.5 Å². The molecule has 34 heavy (non-hydrogen) atoms. The van der Waals surface area contributed by atoms with Gasteiger partial charge in [-0.2, -0.15) is 0 Å². The number of likely N-dealkylation sites (N-methyl/N-ethyl adjacent to an activating group) is 1. The van der Waals surface area contributed by atoms with E-state index in [1.807, 2.05) is 26.0 Å². The Labute approximate surface area is 207 Å². The third kappa shape index (κ3) is 5.49. The number of aromatic nitrogens is 1. The summed E-state index contributed by atoms with van der Waals surface area (Å²) in [6.45, 7) is 10.1. The monoisotopic (exact) mass is 487 g/mol. The Morgan fingerprint density at radius 1 is 0.941 bits per heavy atom. The van der Waals surface area contributed by atoms with Crippen LogP contribution in [0.15, 0.2) is 35.1 Å². The number of hydrogen-bond donors (Lipinski definition) is 1. The second-order valence-corrected chi connectivity index (χ2v) is 8.74. The molecule has 0 amide bonds. The number of benzene rings is 2. The highest BCUT2D eigenvalue weighted by Gasteiger charge is 2.16. The molecule has 0 radical (unpaired) electrons. The van der Waals surface area contributed by atoms with Gasteiger partial charge in [0.25, 0.3) is 5.56 Å². The molecular formula is C26H34ClN3O4. The van der Waals surface area contributed by atoms with Gasteiger partial charge < -0.3 is 24.1 Å². The van der Waals surface area contributed by atoms with Crippen molar-refractivity contribution in [1.82, 2.24) is 14.8 Å². The molecule has 4 rings (SSSR count). The van der Waals surface area contributed by atoms with E-state index in [2.05, 4.69) is 34.0 Å². The molecule has 0 atom stereocenters. The number of H-pyrrole nitrogens is 1. The lowest BCUT2D eigenvalue weighted by Gasteiger charge is -2.32. The lowest BCUT2D eigenvalue weighted by atomic mass is 10.0. The summed E-state index contributed by atoms with van der Waals surface area (Å²) in [6.07, 6.45) is 0. The van der Waals surface area contributed by atoms with Crippen LogP contribution in [0.5, 0.6) is 17.2 Å². The summed E-state index contributed by atoms with van der Waals surface area (Å²) in [7, 11) is 5.32. The minimum atomic E-state index is -0.190. The van der Waals surface area contributed by atoms with Gasteiger partial charge in [-0.05, 0) is 67.2 Å². The van der Waals surface area contributed by atoms with Crippen molar-refractivity contribution in [3.8, 4) is 28.5 Å². The van der Waals surface area contributed by atoms with E-state index < -0.39 is 0 Å². The first-order chi connectivity index (χ1) is 15.9. The number of rotatable bonds is 7. The number of fused-ring (bicyclic) bond motifs is 1. The summed E-state index contributed by atoms with van der Waals surface area (Å²) in [6, 6.07) is 9.66. The van der Waals surface area contributed by atoms with Crippen LogP contribution < -0.4 is 19.8 Å². The number of aryl methyl sites for hydroxylation is 2. The van der Waals surface area contributed by atoms with Crippen molar-refractivity contribution in [3.63, 3.8) is 0 Å². The molecule has 0 saturated carbocycles. The van der Waals surface area contributed by atoms with Crippen molar-refractivity contribution < 1.29 is 14.2 Å². The standard InChI is InChI=1S/C26H33N3O4.ClH/c1-17-12-19(13-18(2)25(17)33-11-10-29-8-6-28(3)7-9-29)22-15-20-14-21(31-4)16-23(32-5)24(20)26(30)27-22;/h12-16H,6-11H2,1-5H3,(H,27,30);1H. The Balaban J connectivity index is 0.00000324. The van der Waals surface area contributed by atoms with Gasteiger partial charge in [0.05, 0.1) is 19.6 Å². The fraction of sp³-hybridized carbons (Fsp3) is 0.423. The van der Waals surface area contributed by atoms with Crippen LogP contribution in [0, 0.1) is 13.8 Å². The number of methoxy groups -OCH3 is 2.